The van der Waals surface area contributed by atoms with E-state index in [-0.39, 0.29) is 16.1 Å². The van der Waals surface area contributed by atoms with Gasteiger partial charge in [0.1, 0.15) is 16.4 Å². The van der Waals surface area contributed by atoms with Crippen LogP contribution in [0, 0.1) is 0 Å². The molecule has 2 rings (SSSR count). The van der Waals surface area contributed by atoms with E-state index in [0.717, 1.165) is 12.8 Å². The topological polar surface area (TPSA) is 62.5 Å². The maximum absolute atomic E-state index is 12.6. The molecule has 1 N–H and O–H groups in total. The first-order valence-corrected chi connectivity index (χ1v) is 7.10. The van der Waals surface area contributed by atoms with E-state index in [0.29, 0.717) is 18.7 Å². The maximum atomic E-state index is 12.6. The minimum atomic E-state index is -1.18. The third-order valence-electron chi connectivity index (χ3n) is 3.93. The highest BCUT2D eigenvalue weighted by atomic mass is 35.5. The number of hydrogen-bond acceptors (Lipinski definition) is 2. The number of carbonyl (C=O) groups is 2. The summed E-state index contributed by atoms with van der Waals surface area (Å²) in [6.45, 7) is 2.00. The van der Waals surface area contributed by atoms with E-state index < -0.39 is 11.5 Å². The molecule has 0 bridgehead atoms. The third-order valence-corrected chi connectivity index (χ3v) is 4.77. The second kappa shape index (κ2) is 5.30. The van der Waals surface area contributed by atoms with Gasteiger partial charge < -0.3 is 14.6 Å². The first-order valence-electron chi connectivity index (χ1n) is 6.35. The van der Waals surface area contributed by atoms with Gasteiger partial charge in [-0.3, -0.25) is 4.79 Å². The Kier molecular flexibility index (Phi) is 4.02. The van der Waals surface area contributed by atoms with Crippen molar-refractivity contribution in [1.82, 2.24) is 9.47 Å². The van der Waals surface area contributed by atoms with Crippen molar-refractivity contribution in [3.63, 3.8) is 0 Å². The van der Waals surface area contributed by atoms with E-state index >= 15 is 0 Å². The van der Waals surface area contributed by atoms with Crippen LogP contribution in [-0.2, 0) is 11.8 Å². The van der Waals surface area contributed by atoms with E-state index in [1.165, 1.54) is 15.5 Å². The van der Waals surface area contributed by atoms with Crippen LogP contribution in [0.25, 0.3) is 0 Å². The molecule has 110 valence electrons. The lowest BCUT2D eigenvalue weighted by atomic mass is 9.88. The largest absolute Gasteiger partial charge is 0.480 e. The lowest BCUT2D eigenvalue weighted by molar-refractivity contribution is -0.150. The molecule has 0 saturated carbocycles. The number of carboxylic acid groups (broad SMARTS) is 1. The minimum Gasteiger partial charge on any atom is -0.480 e. The summed E-state index contributed by atoms with van der Waals surface area (Å²) in [6.07, 6.45) is 2.03. The molecule has 0 radical (unpaired) electrons. The molecule has 0 spiro atoms. The van der Waals surface area contributed by atoms with Gasteiger partial charge in [-0.2, -0.15) is 0 Å². The summed E-state index contributed by atoms with van der Waals surface area (Å²) in [7, 11) is 1.63. The van der Waals surface area contributed by atoms with Gasteiger partial charge >= 0.3 is 5.97 Å². The Morgan fingerprint density at radius 1 is 1.35 bits per heavy atom. The molecule has 1 aromatic heterocycles. The fraction of sp³-hybridized carbons (Fsp3) is 0.538. The van der Waals surface area contributed by atoms with Crippen LogP contribution in [0.15, 0.2) is 6.07 Å². The van der Waals surface area contributed by atoms with Crippen molar-refractivity contribution in [1.29, 1.82) is 0 Å². The lowest BCUT2D eigenvalue weighted by Crippen LogP contribution is -2.57. The summed E-state index contributed by atoms with van der Waals surface area (Å²) >= 11 is 11.9. The second-order valence-corrected chi connectivity index (χ2v) is 5.99. The zero-order valence-corrected chi connectivity index (χ0v) is 12.8. The molecule has 0 aliphatic carbocycles. The number of halogens is 2. The zero-order valence-electron chi connectivity index (χ0n) is 11.3. The van der Waals surface area contributed by atoms with E-state index in [2.05, 4.69) is 0 Å². The summed E-state index contributed by atoms with van der Waals surface area (Å²) in [5, 5.41) is 9.99. The number of nitrogens with zero attached hydrogens (tertiary/aromatic N) is 2. The highest BCUT2D eigenvalue weighted by molar-refractivity contribution is 6.41. The van der Waals surface area contributed by atoms with Crippen LogP contribution in [-0.4, -0.2) is 38.5 Å². The lowest BCUT2D eigenvalue weighted by Gasteiger charge is -2.41. The zero-order chi connectivity index (χ0) is 15.1. The number of piperidine rings is 1. The summed E-state index contributed by atoms with van der Waals surface area (Å²) < 4.78 is 1.48. The van der Waals surface area contributed by atoms with Gasteiger partial charge in [-0.25, -0.2) is 4.79 Å². The van der Waals surface area contributed by atoms with Gasteiger partial charge in [-0.05, 0) is 32.3 Å². The molecular weight excluding hydrogens is 303 g/mol. The third kappa shape index (κ3) is 2.29. The molecule has 5 nitrogen and oxygen atoms in total. The Labute approximate surface area is 127 Å². The maximum Gasteiger partial charge on any atom is 0.329 e. The Morgan fingerprint density at radius 2 is 2.00 bits per heavy atom. The molecule has 1 unspecified atom stereocenters. The van der Waals surface area contributed by atoms with Crippen molar-refractivity contribution >= 4 is 35.1 Å². The molecule has 0 aromatic carbocycles. The fourth-order valence-electron chi connectivity index (χ4n) is 2.55. The van der Waals surface area contributed by atoms with Gasteiger partial charge in [-0.1, -0.05) is 23.2 Å². The molecule has 7 heteroatoms. The molecule has 1 saturated heterocycles. The Morgan fingerprint density at radius 3 is 2.50 bits per heavy atom. The van der Waals surface area contributed by atoms with Crippen LogP contribution >= 0.6 is 23.2 Å². The van der Waals surface area contributed by atoms with Crippen LogP contribution in [0.4, 0.5) is 0 Å². The first kappa shape index (κ1) is 15.2. The number of aromatic nitrogens is 1. The highest BCUT2D eigenvalue weighted by Gasteiger charge is 2.44. The van der Waals surface area contributed by atoms with Gasteiger partial charge in [-0.15, -0.1) is 0 Å². The molecular formula is C13H16Cl2N2O3. The van der Waals surface area contributed by atoms with Gasteiger partial charge in [0.25, 0.3) is 5.91 Å². The number of likely N-dealkylation sites (tertiary alicyclic amines) is 1. The number of carboxylic acids is 1. The van der Waals surface area contributed by atoms with Crippen molar-refractivity contribution in [3.05, 3.63) is 21.9 Å². The smallest absolute Gasteiger partial charge is 0.329 e. The summed E-state index contributed by atoms with van der Waals surface area (Å²) in [5.74, 6) is -1.34. The first-order chi connectivity index (χ1) is 9.29. The van der Waals surface area contributed by atoms with E-state index in [1.54, 1.807) is 14.0 Å². The number of hydrogen-bond donors (Lipinski definition) is 1. The van der Waals surface area contributed by atoms with E-state index in [9.17, 15) is 14.7 Å². The number of aliphatic carboxylic acids is 1. The van der Waals surface area contributed by atoms with Crippen LogP contribution in [0.2, 0.25) is 10.2 Å². The molecule has 1 aliphatic heterocycles. The monoisotopic (exact) mass is 318 g/mol. The van der Waals surface area contributed by atoms with Gasteiger partial charge in [0.05, 0.1) is 5.02 Å². The molecule has 1 aliphatic rings. The van der Waals surface area contributed by atoms with Crippen LogP contribution in [0.5, 0.6) is 0 Å². The molecule has 1 amide bonds. The number of amides is 1. The fourth-order valence-corrected chi connectivity index (χ4v) is 2.93. The SMILES string of the molecule is Cn1c(C(=O)N2CCCCC2(C)C(=O)O)cc(Cl)c1Cl. The van der Waals surface area contributed by atoms with Gasteiger partial charge in [0.15, 0.2) is 0 Å². The van der Waals surface area contributed by atoms with Gasteiger partial charge in [0, 0.05) is 13.6 Å². The molecule has 20 heavy (non-hydrogen) atoms. The summed E-state index contributed by atoms with van der Waals surface area (Å²) in [5.41, 5.74) is -0.882. The number of carbonyl (C=O) groups excluding carboxylic acids is 1. The Hall–Kier alpha value is -1.20. The Bertz CT molecular complexity index is 570. The normalized spacial score (nSPS) is 22.9. The molecule has 1 aromatic rings. The van der Waals surface area contributed by atoms with Crippen LogP contribution < -0.4 is 0 Å². The van der Waals surface area contributed by atoms with Crippen molar-refractivity contribution in [2.75, 3.05) is 6.54 Å². The molecule has 2 heterocycles. The van der Waals surface area contributed by atoms with Crippen molar-refractivity contribution in [2.24, 2.45) is 7.05 Å². The van der Waals surface area contributed by atoms with Gasteiger partial charge in [0.2, 0.25) is 0 Å². The van der Waals surface area contributed by atoms with E-state index in [4.69, 9.17) is 23.2 Å². The highest BCUT2D eigenvalue weighted by Crippen LogP contribution is 2.32. The average molecular weight is 319 g/mol. The van der Waals surface area contributed by atoms with Crippen LogP contribution in [0.1, 0.15) is 36.7 Å². The van der Waals surface area contributed by atoms with Crippen LogP contribution in [0.3, 0.4) is 0 Å². The van der Waals surface area contributed by atoms with Crippen molar-refractivity contribution < 1.29 is 14.7 Å². The number of rotatable bonds is 2. The summed E-state index contributed by atoms with van der Waals surface area (Å²) in [4.78, 5) is 25.6. The quantitative estimate of drug-likeness (QED) is 0.912. The second-order valence-electron chi connectivity index (χ2n) is 5.22. The Balaban J connectivity index is 2.40. The van der Waals surface area contributed by atoms with Crippen molar-refractivity contribution in [2.45, 2.75) is 31.7 Å². The van der Waals surface area contributed by atoms with E-state index in [1.807, 2.05) is 0 Å². The summed E-state index contributed by atoms with van der Waals surface area (Å²) in [6, 6.07) is 1.48. The molecule has 1 atom stereocenters. The molecule has 1 fully saturated rings. The minimum absolute atomic E-state index is 0.268. The van der Waals surface area contributed by atoms with Crippen molar-refractivity contribution in [3.8, 4) is 0 Å². The predicted molar refractivity (Wildman–Crippen MR) is 76.4 cm³/mol. The standard InChI is InChI=1S/C13H16Cl2N2O3/c1-13(12(19)20)5-3-4-6-17(13)11(18)9-7-8(14)10(15)16(9)2/h7H,3-6H2,1-2H3,(H,19,20). The average Bonchev–Trinajstić information content (AvgIpc) is 2.66. The predicted octanol–water partition coefficient (Wildman–Crippen LogP) is 2.80.